The van der Waals surface area contributed by atoms with Crippen molar-refractivity contribution in [2.45, 2.75) is 69.8 Å². The summed E-state index contributed by atoms with van der Waals surface area (Å²) in [6.07, 6.45) is -2.44. The summed E-state index contributed by atoms with van der Waals surface area (Å²) in [5.74, 6) is -1.61. The van der Waals surface area contributed by atoms with Gasteiger partial charge in [0.2, 0.25) is 0 Å². The van der Waals surface area contributed by atoms with Gasteiger partial charge in [0.05, 0.1) is 6.61 Å². The normalized spacial score (nSPS) is 38.6. The molecule has 0 aromatic heterocycles. The molecule has 2 heterocycles. The molecular weight excluding hydrogens is 264 g/mol. The largest absolute Gasteiger partial charge is 0.387 e. The second-order valence-electron chi connectivity index (χ2n) is 6.15. The zero-order valence-electron chi connectivity index (χ0n) is 12.4. The van der Waals surface area contributed by atoms with Gasteiger partial charge in [0.1, 0.15) is 30.5 Å². The molecule has 2 saturated heterocycles. The fourth-order valence-electron chi connectivity index (χ4n) is 2.57. The van der Waals surface area contributed by atoms with Crippen molar-refractivity contribution in [1.82, 2.24) is 0 Å². The first-order valence-electron chi connectivity index (χ1n) is 6.81. The van der Waals surface area contributed by atoms with Crippen LogP contribution < -0.4 is 0 Å². The first-order valence-corrected chi connectivity index (χ1v) is 6.81. The Morgan fingerprint density at radius 1 is 1.05 bits per heavy atom. The molecule has 116 valence electrons. The van der Waals surface area contributed by atoms with E-state index in [-0.39, 0.29) is 6.61 Å². The summed E-state index contributed by atoms with van der Waals surface area (Å²) in [6.45, 7) is 10.8. The number of aliphatic hydroxyl groups excluding tert-OH is 2. The highest BCUT2D eigenvalue weighted by Crippen LogP contribution is 2.35. The van der Waals surface area contributed by atoms with Gasteiger partial charge in [-0.05, 0) is 27.7 Å². The summed E-state index contributed by atoms with van der Waals surface area (Å²) in [7, 11) is 0. The highest BCUT2D eigenvalue weighted by Gasteiger charge is 2.51. The van der Waals surface area contributed by atoms with Crippen molar-refractivity contribution in [3.63, 3.8) is 0 Å². The highest BCUT2D eigenvalue weighted by atomic mass is 16.8. The average Bonchev–Trinajstić information content (AvgIpc) is 2.87. The maximum atomic E-state index is 10.5. The van der Waals surface area contributed by atoms with E-state index in [0.29, 0.717) is 0 Å². The van der Waals surface area contributed by atoms with Crippen molar-refractivity contribution in [3.05, 3.63) is 12.7 Å². The van der Waals surface area contributed by atoms with E-state index >= 15 is 0 Å². The molecule has 0 aromatic carbocycles. The van der Waals surface area contributed by atoms with Crippen LogP contribution in [0, 0.1) is 0 Å². The Labute approximate surface area is 119 Å². The third-order valence-corrected chi connectivity index (χ3v) is 3.49. The minimum Gasteiger partial charge on any atom is -0.387 e. The number of ether oxygens (including phenoxy) is 4. The van der Waals surface area contributed by atoms with Crippen LogP contribution in [0.15, 0.2) is 12.7 Å². The molecule has 0 aliphatic carbocycles. The smallest absolute Gasteiger partial charge is 0.164 e. The van der Waals surface area contributed by atoms with Crippen LogP contribution in [-0.4, -0.2) is 58.9 Å². The van der Waals surface area contributed by atoms with Crippen LogP contribution in [0.3, 0.4) is 0 Å². The Morgan fingerprint density at radius 3 is 2.15 bits per heavy atom. The number of hydrogen-bond donors (Lipinski definition) is 2. The molecule has 0 bridgehead atoms. The minimum atomic E-state index is -0.960. The van der Waals surface area contributed by atoms with Gasteiger partial charge >= 0.3 is 0 Å². The van der Waals surface area contributed by atoms with Crippen molar-refractivity contribution < 1.29 is 29.2 Å². The van der Waals surface area contributed by atoms with Gasteiger partial charge in [-0.25, -0.2) is 0 Å². The van der Waals surface area contributed by atoms with Gasteiger partial charge in [-0.3, -0.25) is 0 Å². The molecule has 2 aliphatic heterocycles. The van der Waals surface area contributed by atoms with E-state index in [9.17, 15) is 10.2 Å². The van der Waals surface area contributed by atoms with Crippen molar-refractivity contribution in [1.29, 1.82) is 0 Å². The molecule has 5 atom stereocenters. The van der Waals surface area contributed by atoms with Gasteiger partial charge < -0.3 is 29.2 Å². The molecule has 6 heteroatoms. The van der Waals surface area contributed by atoms with Crippen LogP contribution in [0.4, 0.5) is 0 Å². The number of rotatable bonds is 4. The molecule has 20 heavy (non-hydrogen) atoms. The van der Waals surface area contributed by atoms with Gasteiger partial charge in [0, 0.05) is 0 Å². The van der Waals surface area contributed by atoms with Crippen molar-refractivity contribution in [2.24, 2.45) is 0 Å². The fraction of sp³-hybridized carbons (Fsp3) is 0.857. The fourth-order valence-corrected chi connectivity index (χ4v) is 2.57. The lowest BCUT2D eigenvalue weighted by atomic mass is 9.99. The summed E-state index contributed by atoms with van der Waals surface area (Å²) < 4.78 is 22.4. The van der Waals surface area contributed by atoms with Crippen LogP contribution in [-0.2, 0) is 18.9 Å². The molecule has 2 aliphatic rings. The molecule has 2 fully saturated rings. The predicted octanol–water partition coefficient (Wildman–Crippen LogP) is 0.566. The molecule has 2 rings (SSSR count). The third-order valence-electron chi connectivity index (χ3n) is 3.49. The lowest BCUT2D eigenvalue weighted by molar-refractivity contribution is -0.179. The topological polar surface area (TPSA) is 77.4 Å². The third kappa shape index (κ3) is 3.21. The molecule has 0 unspecified atom stereocenters. The molecular formula is C14H24O6. The molecule has 6 nitrogen and oxygen atoms in total. The summed E-state index contributed by atoms with van der Waals surface area (Å²) in [4.78, 5) is 0. The van der Waals surface area contributed by atoms with E-state index in [0.717, 1.165) is 0 Å². The van der Waals surface area contributed by atoms with E-state index in [4.69, 9.17) is 18.9 Å². The van der Waals surface area contributed by atoms with Gasteiger partial charge in [-0.2, -0.15) is 0 Å². The average molecular weight is 288 g/mol. The quantitative estimate of drug-likeness (QED) is 0.736. The molecule has 0 saturated carbocycles. The van der Waals surface area contributed by atoms with E-state index in [1.807, 2.05) is 0 Å². The zero-order chi connectivity index (χ0) is 15.1. The lowest BCUT2D eigenvalue weighted by Crippen LogP contribution is -2.48. The Bertz CT molecular complexity index is 367. The summed E-state index contributed by atoms with van der Waals surface area (Å²) >= 11 is 0. The standard InChI is InChI=1S/C14H24O6/c1-6-8(15)11-12(20-14(4,5)19-11)10(16)9-7-17-13(2,3)18-9/h6,8-12,15-16H,1,7H2,2-5H3/t8-,9+,10-,11-,12+/m1/s1. The van der Waals surface area contributed by atoms with E-state index in [1.54, 1.807) is 27.7 Å². The Hall–Kier alpha value is -0.500. The van der Waals surface area contributed by atoms with Gasteiger partial charge in [0.25, 0.3) is 0 Å². The SMILES string of the molecule is C=C[C@@H](O)[C@H]1OC(C)(C)O[C@H]1[C@H](O)[C@@H]1COC(C)(C)O1. The molecule has 0 radical (unpaired) electrons. The molecule has 2 N–H and O–H groups in total. The zero-order valence-corrected chi connectivity index (χ0v) is 12.4. The van der Waals surface area contributed by atoms with Gasteiger partial charge in [-0.1, -0.05) is 6.08 Å². The summed E-state index contributed by atoms with van der Waals surface area (Å²) in [5.41, 5.74) is 0. The van der Waals surface area contributed by atoms with Crippen LogP contribution in [0.5, 0.6) is 0 Å². The van der Waals surface area contributed by atoms with Crippen molar-refractivity contribution in [3.8, 4) is 0 Å². The predicted molar refractivity (Wildman–Crippen MR) is 70.9 cm³/mol. The second-order valence-corrected chi connectivity index (χ2v) is 6.15. The summed E-state index contributed by atoms with van der Waals surface area (Å²) in [5, 5.41) is 20.4. The van der Waals surface area contributed by atoms with Gasteiger partial charge in [-0.15, -0.1) is 6.58 Å². The maximum Gasteiger partial charge on any atom is 0.164 e. The van der Waals surface area contributed by atoms with Crippen LogP contribution in [0.2, 0.25) is 0 Å². The van der Waals surface area contributed by atoms with Crippen molar-refractivity contribution in [2.75, 3.05) is 6.61 Å². The first kappa shape index (κ1) is 15.9. The number of hydrogen-bond acceptors (Lipinski definition) is 6. The monoisotopic (exact) mass is 288 g/mol. The Balaban J connectivity index is 2.11. The Kier molecular flexibility index (Phi) is 4.26. The summed E-state index contributed by atoms with van der Waals surface area (Å²) in [6, 6.07) is 0. The van der Waals surface area contributed by atoms with Gasteiger partial charge in [0.15, 0.2) is 11.6 Å². The van der Waals surface area contributed by atoms with E-state index < -0.39 is 42.1 Å². The highest BCUT2D eigenvalue weighted by molar-refractivity contribution is 4.99. The number of aliphatic hydroxyl groups is 2. The molecule has 0 spiro atoms. The second kappa shape index (κ2) is 5.36. The minimum absolute atomic E-state index is 0.269. The van der Waals surface area contributed by atoms with E-state index in [2.05, 4.69) is 6.58 Å². The Morgan fingerprint density at radius 2 is 1.65 bits per heavy atom. The van der Waals surface area contributed by atoms with Crippen LogP contribution in [0.1, 0.15) is 27.7 Å². The molecule has 0 aromatic rings. The van der Waals surface area contributed by atoms with Crippen LogP contribution in [0.25, 0.3) is 0 Å². The maximum absolute atomic E-state index is 10.5. The van der Waals surface area contributed by atoms with Crippen molar-refractivity contribution >= 4 is 0 Å². The molecule has 0 amide bonds. The van der Waals surface area contributed by atoms with Crippen LogP contribution >= 0.6 is 0 Å². The van der Waals surface area contributed by atoms with E-state index in [1.165, 1.54) is 6.08 Å². The first-order chi connectivity index (χ1) is 9.15. The lowest BCUT2D eigenvalue weighted by Gasteiger charge is -2.28.